The van der Waals surface area contributed by atoms with Gasteiger partial charge in [0.25, 0.3) is 0 Å². The van der Waals surface area contributed by atoms with Gasteiger partial charge in [-0.25, -0.2) is 9.78 Å². The highest BCUT2D eigenvalue weighted by Gasteiger charge is 2.10. The SMILES string of the molecule is CCNc1ncc(Br)cc1C(=O)O. The largest absolute Gasteiger partial charge is 0.478 e. The van der Waals surface area contributed by atoms with E-state index in [9.17, 15) is 4.79 Å². The van der Waals surface area contributed by atoms with E-state index in [0.29, 0.717) is 16.8 Å². The van der Waals surface area contributed by atoms with E-state index in [1.165, 1.54) is 6.07 Å². The first-order valence-corrected chi connectivity index (χ1v) is 4.57. The molecule has 0 atom stereocenters. The fourth-order valence-corrected chi connectivity index (χ4v) is 1.24. The molecule has 0 unspecified atom stereocenters. The zero-order valence-corrected chi connectivity index (χ0v) is 8.63. The molecule has 70 valence electrons. The standard InChI is InChI=1S/C8H9BrN2O2/c1-2-10-7-6(8(12)13)3-5(9)4-11-7/h3-4H,2H2,1H3,(H,10,11)(H,12,13). The third-order valence-electron chi connectivity index (χ3n) is 1.43. The summed E-state index contributed by atoms with van der Waals surface area (Å²) in [6.45, 7) is 2.53. The van der Waals surface area contributed by atoms with Gasteiger partial charge in [0.05, 0.1) is 0 Å². The van der Waals surface area contributed by atoms with Crippen molar-refractivity contribution in [2.45, 2.75) is 6.92 Å². The van der Waals surface area contributed by atoms with Crippen LogP contribution in [-0.4, -0.2) is 22.6 Å². The summed E-state index contributed by atoms with van der Waals surface area (Å²) in [7, 11) is 0. The molecule has 1 aromatic heterocycles. The maximum absolute atomic E-state index is 10.7. The maximum Gasteiger partial charge on any atom is 0.339 e. The Balaban J connectivity index is 3.10. The molecule has 2 N–H and O–H groups in total. The van der Waals surface area contributed by atoms with Crippen molar-refractivity contribution in [3.8, 4) is 0 Å². The fourth-order valence-electron chi connectivity index (χ4n) is 0.911. The van der Waals surface area contributed by atoms with Crippen LogP contribution < -0.4 is 5.32 Å². The van der Waals surface area contributed by atoms with Crippen LogP contribution in [0.1, 0.15) is 17.3 Å². The Morgan fingerprint density at radius 2 is 2.46 bits per heavy atom. The summed E-state index contributed by atoms with van der Waals surface area (Å²) in [5, 5.41) is 11.7. The van der Waals surface area contributed by atoms with E-state index in [-0.39, 0.29) is 5.56 Å². The van der Waals surface area contributed by atoms with Gasteiger partial charge in [0.2, 0.25) is 0 Å². The first-order valence-electron chi connectivity index (χ1n) is 3.78. The van der Waals surface area contributed by atoms with Crippen molar-refractivity contribution in [3.63, 3.8) is 0 Å². The Labute approximate surface area is 84.1 Å². The molecule has 0 amide bonds. The first-order chi connectivity index (χ1) is 6.15. The molecule has 0 saturated carbocycles. The van der Waals surface area contributed by atoms with Gasteiger partial charge < -0.3 is 10.4 Å². The van der Waals surface area contributed by atoms with Crippen LogP contribution in [0.25, 0.3) is 0 Å². The molecule has 0 saturated heterocycles. The van der Waals surface area contributed by atoms with Crippen LogP contribution in [0.4, 0.5) is 5.82 Å². The van der Waals surface area contributed by atoms with Crippen molar-refractivity contribution >= 4 is 27.7 Å². The summed E-state index contributed by atoms with van der Waals surface area (Å²) in [6, 6.07) is 1.52. The van der Waals surface area contributed by atoms with Crippen molar-refractivity contribution in [2.24, 2.45) is 0 Å². The average molecular weight is 245 g/mol. The smallest absolute Gasteiger partial charge is 0.339 e. The minimum Gasteiger partial charge on any atom is -0.478 e. The second-order valence-corrected chi connectivity index (χ2v) is 3.30. The number of hydrogen-bond donors (Lipinski definition) is 2. The van der Waals surface area contributed by atoms with E-state index in [0.717, 1.165) is 0 Å². The molecule has 0 fully saturated rings. The number of carbonyl (C=O) groups is 1. The Bertz CT molecular complexity index is 328. The molecule has 1 heterocycles. The van der Waals surface area contributed by atoms with Gasteiger partial charge in [0.15, 0.2) is 0 Å². The van der Waals surface area contributed by atoms with E-state index in [1.54, 1.807) is 6.20 Å². The number of hydrogen-bond acceptors (Lipinski definition) is 3. The third kappa shape index (κ3) is 2.42. The van der Waals surface area contributed by atoms with Crippen LogP contribution >= 0.6 is 15.9 Å². The van der Waals surface area contributed by atoms with Crippen molar-refractivity contribution in [1.29, 1.82) is 0 Å². The Hall–Kier alpha value is -1.10. The zero-order chi connectivity index (χ0) is 9.84. The molecule has 4 nitrogen and oxygen atoms in total. The molecule has 1 aromatic rings. The highest BCUT2D eigenvalue weighted by atomic mass is 79.9. The molecule has 0 bridgehead atoms. The average Bonchev–Trinajstić information content (AvgIpc) is 2.08. The highest BCUT2D eigenvalue weighted by molar-refractivity contribution is 9.10. The predicted octanol–water partition coefficient (Wildman–Crippen LogP) is 1.97. The lowest BCUT2D eigenvalue weighted by Gasteiger charge is -2.05. The molecule has 0 aliphatic carbocycles. The lowest BCUT2D eigenvalue weighted by atomic mass is 10.2. The number of halogens is 1. The topological polar surface area (TPSA) is 62.2 Å². The fraction of sp³-hybridized carbons (Fsp3) is 0.250. The minimum atomic E-state index is -0.982. The number of anilines is 1. The molecular formula is C8H9BrN2O2. The van der Waals surface area contributed by atoms with E-state index in [4.69, 9.17) is 5.11 Å². The molecule has 0 aliphatic rings. The monoisotopic (exact) mass is 244 g/mol. The number of aromatic nitrogens is 1. The lowest BCUT2D eigenvalue weighted by molar-refractivity contribution is 0.0697. The van der Waals surface area contributed by atoms with Gasteiger partial charge in [-0.15, -0.1) is 0 Å². The summed E-state index contributed by atoms with van der Waals surface area (Å²) in [5.74, 6) is -0.581. The number of rotatable bonds is 3. The van der Waals surface area contributed by atoms with Crippen molar-refractivity contribution in [1.82, 2.24) is 4.98 Å². The van der Waals surface area contributed by atoms with Gasteiger partial charge in [-0.1, -0.05) is 0 Å². The van der Waals surface area contributed by atoms with E-state index >= 15 is 0 Å². The summed E-state index contributed by atoms with van der Waals surface area (Å²) in [5.41, 5.74) is 0.177. The summed E-state index contributed by atoms with van der Waals surface area (Å²) >= 11 is 3.16. The van der Waals surface area contributed by atoms with Gasteiger partial charge >= 0.3 is 5.97 Å². The second kappa shape index (κ2) is 4.23. The number of aromatic carboxylic acids is 1. The Morgan fingerprint density at radius 1 is 1.77 bits per heavy atom. The molecule has 0 radical (unpaired) electrons. The molecule has 0 aliphatic heterocycles. The molecular weight excluding hydrogens is 236 g/mol. The summed E-state index contributed by atoms with van der Waals surface area (Å²) < 4.78 is 0.659. The Morgan fingerprint density at radius 3 is 3.00 bits per heavy atom. The van der Waals surface area contributed by atoms with Gasteiger partial charge in [-0.05, 0) is 28.9 Å². The third-order valence-corrected chi connectivity index (χ3v) is 1.86. The van der Waals surface area contributed by atoms with E-state index in [2.05, 4.69) is 26.2 Å². The number of carboxylic acid groups (broad SMARTS) is 1. The summed E-state index contributed by atoms with van der Waals surface area (Å²) in [6.07, 6.45) is 1.56. The van der Waals surface area contributed by atoms with Crippen LogP contribution in [0.2, 0.25) is 0 Å². The van der Waals surface area contributed by atoms with E-state index < -0.39 is 5.97 Å². The van der Waals surface area contributed by atoms with Crippen molar-refractivity contribution < 1.29 is 9.90 Å². The van der Waals surface area contributed by atoms with Crippen molar-refractivity contribution in [2.75, 3.05) is 11.9 Å². The second-order valence-electron chi connectivity index (χ2n) is 2.39. The number of nitrogens with one attached hydrogen (secondary N) is 1. The van der Waals surface area contributed by atoms with Gasteiger partial charge in [-0.2, -0.15) is 0 Å². The molecule has 5 heteroatoms. The predicted molar refractivity (Wildman–Crippen MR) is 53.1 cm³/mol. The number of carboxylic acids is 1. The van der Waals surface area contributed by atoms with Crippen LogP contribution in [0, 0.1) is 0 Å². The number of pyridine rings is 1. The lowest BCUT2D eigenvalue weighted by Crippen LogP contribution is -2.07. The molecule has 0 aromatic carbocycles. The zero-order valence-electron chi connectivity index (χ0n) is 7.04. The molecule has 0 spiro atoms. The molecule has 13 heavy (non-hydrogen) atoms. The van der Waals surface area contributed by atoms with Crippen LogP contribution in [0.15, 0.2) is 16.7 Å². The Kier molecular flexibility index (Phi) is 3.25. The van der Waals surface area contributed by atoms with Crippen LogP contribution in [0.5, 0.6) is 0 Å². The number of nitrogens with zero attached hydrogens (tertiary/aromatic N) is 1. The minimum absolute atomic E-state index is 0.177. The maximum atomic E-state index is 10.7. The van der Waals surface area contributed by atoms with Crippen molar-refractivity contribution in [3.05, 3.63) is 22.3 Å². The van der Waals surface area contributed by atoms with Gasteiger partial charge in [-0.3, -0.25) is 0 Å². The van der Waals surface area contributed by atoms with Gasteiger partial charge in [0, 0.05) is 17.2 Å². The quantitative estimate of drug-likeness (QED) is 0.854. The van der Waals surface area contributed by atoms with Crippen LogP contribution in [-0.2, 0) is 0 Å². The van der Waals surface area contributed by atoms with Gasteiger partial charge in [0.1, 0.15) is 11.4 Å². The first kappa shape index (κ1) is 9.98. The van der Waals surface area contributed by atoms with Crippen LogP contribution in [0.3, 0.4) is 0 Å². The normalized spacial score (nSPS) is 9.69. The molecule has 1 rings (SSSR count). The van der Waals surface area contributed by atoms with E-state index in [1.807, 2.05) is 6.92 Å². The summed E-state index contributed by atoms with van der Waals surface area (Å²) in [4.78, 5) is 14.7. The highest BCUT2D eigenvalue weighted by Crippen LogP contribution is 2.17.